The summed E-state index contributed by atoms with van der Waals surface area (Å²) in [5.41, 5.74) is 2.72. The highest BCUT2D eigenvalue weighted by Crippen LogP contribution is 2.25. The number of aryl methyl sites for hydroxylation is 1. The minimum atomic E-state index is 1.22. The van der Waals surface area contributed by atoms with Gasteiger partial charge >= 0.3 is 0 Å². The molecule has 0 spiro atoms. The Bertz CT molecular complexity index is 510. The van der Waals surface area contributed by atoms with Crippen molar-refractivity contribution in [1.29, 1.82) is 0 Å². The first-order chi connectivity index (χ1) is 7.83. The molecular weight excluding hydrogens is 194 g/mol. The molecule has 1 aliphatic heterocycles. The third-order valence-corrected chi connectivity index (χ3v) is 3.45. The molecule has 0 bridgehead atoms. The van der Waals surface area contributed by atoms with Crippen molar-refractivity contribution in [1.82, 2.24) is 0 Å². The van der Waals surface area contributed by atoms with Crippen molar-refractivity contribution in [3.05, 3.63) is 42.0 Å². The fourth-order valence-corrected chi connectivity index (χ4v) is 2.53. The first-order valence-electron chi connectivity index (χ1n) is 6.08. The van der Waals surface area contributed by atoms with Crippen LogP contribution in [0.4, 0.5) is 5.69 Å². The van der Waals surface area contributed by atoms with Gasteiger partial charge in [0.05, 0.1) is 0 Å². The molecule has 0 unspecified atom stereocenters. The van der Waals surface area contributed by atoms with Gasteiger partial charge < -0.3 is 4.90 Å². The zero-order valence-corrected chi connectivity index (χ0v) is 9.74. The van der Waals surface area contributed by atoms with Gasteiger partial charge in [-0.05, 0) is 42.7 Å². The van der Waals surface area contributed by atoms with Gasteiger partial charge in [-0.1, -0.05) is 29.8 Å². The van der Waals surface area contributed by atoms with Crippen molar-refractivity contribution >= 4 is 16.5 Å². The molecule has 1 heterocycles. The molecule has 2 aromatic rings. The van der Waals surface area contributed by atoms with E-state index in [1.54, 1.807) is 0 Å². The van der Waals surface area contributed by atoms with Gasteiger partial charge in [0.25, 0.3) is 0 Å². The maximum atomic E-state index is 2.49. The summed E-state index contributed by atoms with van der Waals surface area (Å²) in [6, 6.07) is 13.5. The fraction of sp³-hybridized carbons (Fsp3) is 0.333. The molecule has 1 aliphatic rings. The highest BCUT2D eigenvalue weighted by Gasteiger charge is 2.12. The Labute approximate surface area is 96.7 Å². The molecule has 0 N–H and O–H groups in total. The topological polar surface area (TPSA) is 3.24 Å². The minimum absolute atomic E-state index is 1.22. The molecule has 3 rings (SSSR count). The Morgan fingerprint density at radius 3 is 2.44 bits per heavy atom. The van der Waals surface area contributed by atoms with Gasteiger partial charge in [0, 0.05) is 18.8 Å². The van der Waals surface area contributed by atoms with E-state index in [4.69, 9.17) is 0 Å². The molecule has 0 atom stereocenters. The third-order valence-electron chi connectivity index (χ3n) is 3.45. The lowest BCUT2D eigenvalue weighted by atomic mass is 10.1. The predicted molar refractivity (Wildman–Crippen MR) is 70.1 cm³/mol. The van der Waals surface area contributed by atoms with Gasteiger partial charge in [0.1, 0.15) is 0 Å². The summed E-state index contributed by atoms with van der Waals surface area (Å²) in [6.45, 7) is 4.59. The van der Waals surface area contributed by atoms with E-state index in [0.29, 0.717) is 0 Å². The Balaban J connectivity index is 2.07. The summed E-state index contributed by atoms with van der Waals surface area (Å²) in [6.07, 6.45) is 2.68. The second-order valence-corrected chi connectivity index (χ2v) is 4.73. The average Bonchev–Trinajstić information content (AvgIpc) is 2.81. The Morgan fingerprint density at radius 1 is 0.875 bits per heavy atom. The summed E-state index contributed by atoms with van der Waals surface area (Å²) < 4.78 is 0. The Hall–Kier alpha value is -1.50. The van der Waals surface area contributed by atoms with E-state index in [-0.39, 0.29) is 0 Å². The standard InChI is InChI=1S/C15H17N/c1-12-4-5-13-6-7-15(11-14(13)10-12)16-8-2-3-9-16/h4-7,10-11H,2-3,8-9H2,1H3. The maximum absolute atomic E-state index is 2.49. The van der Waals surface area contributed by atoms with Crippen LogP contribution in [0.25, 0.3) is 10.8 Å². The number of benzene rings is 2. The van der Waals surface area contributed by atoms with Crippen molar-refractivity contribution in [3.63, 3.8) is 0 Å². The Kier molecular flexibility index (Phi) is 2.32. The predicted octanol–water partition coefficient (Wildman–Crippen LogP) is 3.75. The molecule has 0 aliphatic carbocycles. The smallest absolute Gasteiger partial charge is 0.0372 e. The van der Waals surface area contributed by atoms with Gasteiger partial charge in [0.15, 0.2) is 0 Å². The number of hydrogen-bond donors (Lipinski definition) is 0. The Morgan fingerprint density at radius 2 is 1.62 bits per heavy atom. The highest BCUT2D eigenvalue weighted by molar-refractivity contribution is 5.86. The van der Waals surface area contributed by atoms with Crippen LogP contribution >= 0.6 is 0 Å². The first kappa shape index (κ1) is 9.71. The summed E-state index contributed by atoms with van der Waals surface area (Å²) in [7, 11) is 0. The van der Waals surface area contributed by atoms with Crippen LogP contribution in [0.1, 0.15) is 18.4 Å². The molecule has 1 saturated heterocycles. The van der Waals surface area contributed by atoms with Crippen LogP contribution in [0, 0.1) is 6.92 Å². The third kappa shape index (κ3) is 1.67. The van der Waals surface area contributed by atoms with Gasteiger partial charge in [-0.15, -0.1) is 0 Å². The molecule has 2 aromatic carbocycles. The molecule has 1 nitrogen and oxygen atoms in total. The SMILES string of the molecule is Cc1ccc2ccc(N3CCCC3)cc2c1. The van der Waals surface area contributed by atoms with Crippen LogP contribution in [0.5, 0.6) is 0 Å². The van der Waals surface area contributed by atoms with Crippen molar-refractivity contribution in [2.45, 2.75) is 19.8 Å². The second kappa shape index (κ2) is 3.82. The second-order valence-electron chi connectivity index (χ2n) is 4.73. The van der Waals surface area contributed by atoms with Crippen molar-refractivity contribution in [2.24, 2.45) is 0 Å². The monoisotopic (exact) mass is 211 g/mol. The van der Waals surface area contributed by atoms with E-state index in [0.717, 1.165) is 0 Å². The number of hydrogen-bond acceptors (Lipinski definition) is 1. The van der Waals surface area contributed by atoms with Crippen molar-refractivity contribution in [2.75, 3.05) is 18.0 Å². The van der Waals surface area contributed by atoms with Crippen molar-refractivity contribution in [3.8, 4) is 0 Å². The molecule has 82 valence electrons. The summed E-state index contributed by atoms with van der Waals surface area (Å²) in [5, 5.41) is 2.71. The van der Waals surface area contributed by atoms with Crippen LogP contribution in [-0.2, 0) is 0 Å². The summed E-state index contributed by atoms with van der Waals surface area (Å²) >= 11 is 0. The number of rotatable bonds is 1. The number of nitrogens with zero attached hydrogens (tertiary/aromatic N) is 1. The van der Waals surface area contributed by atoms with Crippen LogP contribution in [0.2, 0.25) is 0 Å². The maximum Gasteiger partial charge on any atom is 0.0372 e. The first-order valence-corrected chi connectivity index (χ1v) is 6.08. The average molecular weight is 211 g/mol. The normalized spacial score (nSPS) is 15.9. The van der Waals surface area contributed by atoms with Crippen molar-refractivity contribution < 1.29 is 0 Å². The van der Waals surface area contributed by atoms with Gasteiger partial charge in [-0.25, -0.2) is 0 Å². The summed E-state index contributed by atoms with van der Waals surface area (Å²) in [4.78, 5) is 2.49. The molecule has 0 radical (unpaired) electrons. The molecule has 0 aromatic heterocycles. The van der Waals surface area contributed by atoms with Crippen LogP contribution < -0.4 is 4.90 Å². The molecule has 1 fully saturated rings. The van der Waals surface area contributed by atoms with E-state index < -0.39 is 0 Å². The van der Waals surface area contributed by atoms with E-state index >= 15 is 0 Å². The van der Waals surface area contributed by atoms with Gasteiger partial charge in [-0.2, -0.15) is 0 Å². The lowest BCUT2D eigenvalue weighted by molar-refractivity contribution is 0.949. The zero-order valence-electron chi connectivity index (χ0n) is 9.74. The van der Waals surface area contributed by atoms with Crippen LogP contribution in [0.3, 0.4) is 0 Å². The molecule has 0 saturated carbocycles. The quantitative estimate of drug-likeness (QED) is 0.694. The van der Waals surface area contributed by atoms with E-state index in [1.807, 2.05) is 0 Å². The van der Waals surface area contributed by atoms with E-state index in [9.17, 15) is 0 Å². The lowest BCUT2D eigenvalue weighted by Gasteiger charge is -2.18. The van der Waals surface area contributed by atoms with E-state index in [1.165, 1.54) is 48.0 Å². The largest absolute Gasteiger partial charge is 0.372 e. The zero-order chi connectivity index (χ0) is 11.0. The molecule has 1 heteroatoms. The minimum Gasteiger partial charge on any atom is -0.372 e. The molecule has 0 amide bonds. The lowest BCUT2D eigenvalue weighted by Crippen LogP contribution is -2.17. The number of anilines is 1. The molecule has 16 heavy (non-hydrogen) atoms. The molecular formula is C15H17N. The van der Waals surface area contributed by atoms with Gasteiger partial charge in [0.2, 0.25) is 0 Å². The van der Waals surface area contributed by atoms with E-state index in [2.05, 4.69) is 48.2 Å². The number of fused-ring (bicyclic) bond motifs is 1. The fourth-order valence-electron chi connectivity index (χ4n) is 2.53. The van der Waals surface area contributed by atoms with Gasteiger partial charge in [-0.3, -0.25) is 0 Å². The summed E-state index contributed by atoms with van der Waals surface area (Å²) in [5.74, 6) is 0. The van der Waals surface area contributed by atoms with Crippen LogP contribution in [-0.4, -0.2) is 13.1 Å². The van der Waals surface area contributed by atoms with Crippen LogP contribution in [0.15, 0.2) is 36.4 Å². The highest BCUT2D eigenvalue weighted by atomic mass is 15.1.